The summed E-state index contributed by atoms with van der Waals surface area (Å²) in [7, 11) is -0.384. The Morgan fingerprint density at radius 3 is 2.40 bits per heavy atom. The second-order valence-electron chi connectivity index (χ2n) is 14.7. The number of piperazine rings is 1. The molecule has 1 aromatic heterocycles. The van der Waals surface area contributed by atoms with Crippen molar-refractivity contribution >= 4 is 67.2 Å². The average molecular weight is 867 g/mol. The molecule has 0 aliphatic carbocycles. The molecule has 2 N–H and O–H groups in total. The van der Waals surface area contributed by atoms with E-state index in [-0.39, 0.29) is 28.1 Å². The third-order valence-electron chi connectivity index (χ3n) is 10.2. The van der Waals surface area contributed by atoms with Gasteiger partial charge in [-0.1, -0.05) is 66.2 Å². The van der Waals surface area contributed by atoms with Gasteiger partial charge < -0.3 is 19.9 Å². The Bertz CT molecular complexity index is 2510. The number of fused-ring (bicyclic) bond motifs is 1. The normalized spacial score (nSPS) is 14.0. The Labute approximate surface area is 359 Å². The highest BCUT2D eigenvalue weighted by molar-refractivity contribution is 7.99. The number of benzene rings is 5. The summed E-state index contributed by atoms with van der Waals surface area (Å²) in [5.41, 5.74) is 4.85. The van der Waals surface area contributed by atoms with Crippen LogP contribution < -0.4 is 14.9 Å². The first-order chi connectivity index (χ1) is 29.0. The van der Waals surface area contributed by atoms with Crippen LogP contribution in [0, 0.1) is 10.1 Å². The zero-order valence-corrected chi connectivity index (χ0v) is 35.8. The number of halogens is 1. The number of hydrogen-bond donors (Lipinski definition) is 2. The standard InChI is InChI=1S/C44H47ClN8O5S2/c1-50(2)23-24-58-29-35(30-59-37-11-7-4-8-12-37)48-41-18-15-38(27-43(41)53(54)55)60(56,57)49-44-40-17-14-36(26-42(40)46-31-47-44)52-21-19-51(20-22-52)28-33-25-34(45)13-16-39(33)32-9-5-3-6-10-32/h3-18,25-27,31,35,48H,19-24,28-30H2,1-2H3,(H,46,47,49). The van der Waals surface area contributed by atoms with Crippen molar-refractivity contribution in [2.75, 3.05) is 80.7 Å². The minimum Gasteiger partial charge on any atom is -0.378 e. The van der Waals surface area contributed by atoms with Gasteiger partial charge in [-0.3, -0.25) is 19.7 Å². The van der Waals surface area contributed by atoms with E-state index in [1.54, 1.807) is 17.8 Å². The predicted octanol–water partition coefficient (Wildman–Crippen LogP) is 8.13. The van der Waals surface area contributed by atoms with E-state index < -0.39 is 14.9 Å². The van der Waals surface area contributed by atoms with Gasteiger partial charge in [0.25, 0.3) is 15.7 Å². The number of thioether (sulfide) groups is 1. The minimum atomic E-state index is -4.29. The highest BCUT2D eigenvalue weighted by Gasteiger charge is 2.25. The van der Waals surface area contributed by atoms with Crippen LogP contribution in [0.1, 0.15) is 5.56 Å². The fourth-order valence-corrected chi connectivity index (χ4v) is 9.16. The maximum Gasteiger partial charge on any atom is 0.293 e. The number of hydrogen-bond acceptors (Lipinski definition) is 12. The molecule has 5 aromatic carbocycles. The zero-order valence-electron chi connectivity index (χ0n) is 33.4. The van der Waals surface area contributed by atoms with Crippen molar-refractivity contribution in [3.05, 3.63) is 142 Å². The van der Waals surface area contributed by atoms with Crippen LogP contribution >= 0.6 is 23.4 Å². The van der Waals surface area contributed by atoms with Gasteiger partial charge in [0.15, 0.2) is 5.82 Å². The molecule has 312 valence electrons. The Morgan fingerprint density at radius 1 is 0.917 bits per heavy atom. The molecular formula is C44H47ClN8O5S2. The lowest BCUT2D eigenvalue weighted by Gasteiger charge is -2.36. The molecule has 1 saturated heterocycles. The van der Waals surface area contributed by atoms with Crippen molar-refractivity contribution in [2.24, 2.45) is 0 Å². The zero-order chi connectivity index (χ0) is 42.1. The SMILES string of the molecule is CN(C)CCOCC(CSc1ccccc1)Nc1ccc(S(=O)(=O)Nc2ncnc3cc(N4CCN(Cc5cc(Cl)ccc5-c5ccccc5)CC4)ccc23)cc1[N+](=O)[O-]. The van der Waals surface area contributed by atoms with Gasteiger partial charge in [0.05, 0.1) is 34.6 Å². The second kappa shape index (κ2) is 19.8. The van der Waals surface area contributed by atoms with Crippen molar-refractivity contribution in [3.8, 4) is 11.1 Å². The lowest BCUT2D eigenvalue weighted by Crippen LogP contribution is -2.46. The highest BCUT2D eigenvalue weighted by Crippen LogP contribution is 2.33. The molecule has 1 atom stereocenters. The van der Waals surface area contributed by atoms with Crippen LogP contribution in [0.25, 0.3) is 22.0 Å². The number of ether oxygens (including phenoxy) is 1. The Kier molecular flexibility index (Phi) is 14.2. The number of sulfonamides is 1. The Morgan fingerprint density at radius 2 is 1.67 bits per heavy atom. The molecule has 1 unspecified atom stereocenters. The van der Waals surface area contributed by atoms with Crippen molar-refractivity contribution in [3.63, 3.8) is 0 Å². The number of nitro benzene ring substituents is 1. The number of nitrogens with zero attached hydrogens (tertiary/aromatic N) is 6. The topological polar surface area (TPSA) is 146 Å². The third kappa shape index (κ3) is 11.1. The van der Waals surface area contributed by atoms with Crippen LogP contribution in [-0.4, -0.2) is 105 Å². The summed E-state index contributed by atoms with van der Waals surface area (Å²) >= 11 is 8.02. The molecular weight excluding hydrogens is 820 g/mol. The molecule has 7 rings (SSSR count). The molecule has 13 nitrogen and oxygen atoms in total. The van der Waals surface area contributed by atoms with Gasteiger partial charge in [0, 0.05) is 72.1 Å². The fourth-order valence-electron chi connectivity index (χ4n) is 7.00. The monoisotopic (exact) mass is 866 g/mol. The van der Waals surface area contributed by atoms with E-state index in [4.69, 9.17) is 16.3 Å². The van der Waals surface area contributed by atoms with Crippen LogP contribution in [0.2, 0.25) is 5.02 Å². The summed E-state index contributed by atoms with van der Waals surface area (Å²) in [6.45, 7) is 5.54. The van der Waals surface area contributed by atoms with Crippen molar-refractivity contribution in [1.29, 1.82) is 0 Å². The lowest BCUT2D eigenvalue weighted by molar-refractivity contribution is -0.384. The first kappa shape index (κ1) is 42.8. The number of rotatable bonds is 18. The van der Waals surface area contributed by atoms with Gasteiger partial charge in [-0.05, 0) is 85.4 Å². The largest absolute Gasteiger partial charge is 0.378 e. The van der Waals surface area contributed by atoms with Crippen LogP contribution in [0.4, 0.5) is 22.9 Å². The summed E-state index contributed by atoms with van der Waals surface area (Å²) < 4.78 is 36.0. The first-order valence-electron chi connectivity index (χ1n) is 19.6. The molecule has 0 saturated carbocycles. The second-order valence-corrected chi connectivity index (χ2v) is 18.0. The van der Waals surface area contributed by atoms with Crippen molar-refractivity contribution in [2.45, 2.75) is 22.4 Å². The molecule has 1 aliphatic heterocycles. The Balaban J connectivity index is 1.02. The first-order valence-corrected chi connectivity index (χ1v) is 22.4. The summed E-state index contributed by atoms with van der Waals surface area (Å²) in [6.07, 6.45) is 1.31. The summed E-state index contributed by atoms with van der Waals surface area (Å²) in [5, 5.41) is 16.8. The van der Waals surface area contributed by atoms with E-state index in [9.17, 15) is 18.5 Å². The van der Waals surface area contributed by atoms with Crippen LogP contribution in [0.15, 0.2) is 131 Å². The van der Waals surface area contributed by atoms with Gasteiger partial charge in [0.2, 0.25) is 0 Å². The van der Waals surface area contributed by atoms with Crippen LogP contribution in [0.5, 0.6) is 0 Å². The van der Waals surface area contributed by atoms with E-state index >= 15 is 0 Å². The van der Waals surface area contributed by atoms with Gasteiger partial charge in [0.1, 0.15) is 12.0 Å². The van der Waals surface area contributed by atoms with E-state index in [1.807, 2.05) is 91.8 Å². The minimum absolute atomic E-state index is 0.0739. The summed E-state index contributed by atoms with van der Waals surface area (Å²) in [4.78, 5) is 28.0. The highest BCUT2D eigenvalue weighted by atomic mass is 35.5. The van der Waals surface area contributed by atoms with Crippen LogP contribution in [0.3, 0.4) is 0 Å². The van der Waals surface area contributed by atoms with Gasteiger partial charge >= 0.3 is 0 Å². The van der Waals surface area contributed by atoms with Gasteiger partial charge in [-0.2, -0.15) is 0 Å². The molecule has 2 heterocycles. The van der Waals surface area contributed by atoms with Crippen molar-refractivity contribution in [1.82, 2.24) is 19.8 Å². The van der Waals surface area contributed by atoms with Gasteiger partial charge in [-0.15, -0.1) is 11.8 Å². The molecule has 0 bridgehead atoms. The quantitative estimate of drug-likeness (QED) is 0.0372. The van der Waals surface area contributed by atoms with Crippen LogP contribution in [-0.2, 0) is 21.3 Å². The molecule has 0 amide bonds. The molecule has 60 heavy (non-hydrogen) atoms. The maximum absolute atomic E-state index is 13.8. The Hall–Kier alpha value is -5.29. The molecule has 6 aromatic rings. The number of aromatic nitrogens is 2. The molecule has 0 radical (unpaired) electrons. The van der Waals surface area contributed by atoms with E-state index in [2.05, 4.69) is 48.0 Å². The molecule has 1 fully saturated rings. The predicted molar refractivity (Wildman–Crippen MR) is 242 cm³/mol. The maximum atomic E-state index is 13.8. The fraction of sp³-hybridized carbons (Fsp3) is 0.273. The lowest BCUT2D eigenvalue weighted by atomic mass is 9.99. The van der Waals surface area contributed by atoms with Gasteiger partial charge in [-0.25, -0.2) is 18.4 Å². The number of anilines is 3. The smallest absolute Gasteiger partial charge is 0.293 e. The average Bonchev–Trinajstić information content (AvgIpc) is 3.25. The number of nitro groups is 1. The molecule has 16 heteroatoms. The molecule has 0 spiro atoms. The molecule has 1 aliphatic rings. The number of nitrogens with one attached hydrogen (secondary N) is 2. The number of likely N-dealkylation sites (N-methyl/N-ethyl adjacent to an activating group) is 1. The third-order valence-corrected chi connectivity index (χ3v) is 12.9. The van der Waals surface area contributed by atoms with E-state index in [0.717, 1.165) is 61.5 Å². The van der Waals surface area contributed by atoms with E-state index in [1.165, 1.54) is 29.6 Å². The summed E-state index contributed by atoms with van der Waals surface area (Å²) in [6, 6.07) is 35.4. The van der Waals surface area contributed by atoms with E-state index in [0.29, 0.717) is 34.9 Å². The van der Waals surface area contributed by atoms with Crippen molar-refractivity contribution < 1.29 is 18.1 Å². The summed E-state index contributed by atoms with van der Waals surface area (Å²) in [5.74, 6) is 0.633.